The van der Waals surface area contributed by atoms with Gasteiger partial charge >= 0.3 is 0 Å². The fraction of sp³-hybridized carbons (Fsp3) is 0.0500. The van der Waals surface area contributed by atoms with Gasteiger partial charge in [-0.3, -0.25) is 4.98 Å². The van der Waals surface area contributed by atoms with Crippen molar-refractivity contribution in [1.82, 2.24) is 15.0 Å². The van der Waals surface area contributed by atoms with Gasteiger partial charge in [0.1, 0.15) is 5.69 Å². The first-order valence-corrected chi connectivity index (χ1v) is 7.96. The van der Waals surface area contributed by atoms with Crippen molar-refractivity contribution >= 4 is 5.95 Å². The Morgan fingerprint density at radius 3 is 2.32 bits per heavy atom. The molecule has 5 heteroatoms. The van der Waals surface area contributed by atoms with Gasteiger partial charge in [-0.2, -0.15) is 0 Å². The van der Waals surface area contributed by atoms with E-state index >= 15 is 0 Å². The zero-order valence-electron chi connectivity index (χ0n) is 13.5. The summed E-state index contributed by atoms with van der Waals surface area (Å²) >= 11 is 0. The van der Waals surface area contributed by atoms with E-state index in [9.17, 15) is 0 Å². The van der Waals surface area contributed by atoms with Crippen molar-refractivity contribution in [3.05, 3.63) is 84.4 Å². The average Bonchev–Trinajstić information content (AvgIpc) is 3.19. The van der Waals surface area contributed by atoms with Gasteiger partial charge in [0, 0.05) is 29.9 Å². The van der Waals surface area contributed by atoms with Crippen molar-refractivity contribution in [2.75, 3.05) is 5.73 Å². The van der Waals surface area contributed by atoms with E-state index in [1.807, 2.05) is 42.5 Å². The van der Waals surface area contributed by atoms with Crippen LogP contribution in [0.25, 0.3) is 22.7 Å². The molecule has 0 radical (unpaired) electrons. The van der Waals surface area contributed by atoms with Crippen LogP contribution in [-0.2, 0) is 6.42 Å². The summed E-state index contributed by atoms with van der Waals surface area (Å²) in [5.41, 5.74) is 10.6. The third-order valence-electron chi connectivity index (χ3n) is 3.96. The van der Waals surface area contributed by atoms with Crippen LogP contribution in [0.1, 0.15) is 11.1 Å². The van der Waals surface area contributed by atoms with E-state index in [4.69, 9.17) is 10.2 Å². The molecule has 122 valence electrons. The summed E-state index contributed by atoms with van der Waals surface area (Å²) in [4.78, 5) is 13.0. The van der Waals surface area contributed by atoms with Crippen molar-refractivity contribution < 1.29 is 4.42 Å². The topological polar surface area (TPSA) is 77.8 Å². The number of hydrogen-bond acceptors (Lipinski definition) is 5. The molecule has 0 bridgehead atoms. The largest absolute Gasteiger partial charge is 0.463 e. The van der Waals surface area contributed by atoms with Crippen molar-refractivity contribution in [2.24, 2.45) is 0 Å². The SMILES string of the molecule is Nc1nc(-c2ccncc2)c(Cc2ccccc2)c(-c2ccco2)n1. The highest BCUT2D eigenvalue weighted by molar-refractivity contribution is 5.73. The van der Waals surface area contributed by atoms with E-state index in [2.05, 4.69) is 27.1 Å². The number of hydrogen-bond donors (Lipinski definition) is 1. The molecule has 0 spiro atoms. The maximum atomic E-state index is 5.99. The lowest BCUT2D eigenvalue weighted by Gasteiger charge is -2.13. The van der Waals surface area contributed by atoms with Crippen LogP contribution in [0.2, 0.25) is 0 Å². The van der Waals surface area contributed by atoms with Crippen LogP contribution in [-0.4, -0.2) is 15.0 Å². The lowest BCUT2D eigenvalue weighted by Crippen LogP contribution is -2.05. The number of nitrogens with zero attached hydrogens (tertiary/aromatic N) is 3. The van der Waals surface area contributed by atoms with E-state index in [0.29, 0.717) is 17.9 Å². The van der Waals surface area contributed by atoms with Crippen LogP contribution >= 0.6 is 0 Å². The molecule has 0 saturated heterocycles. The number of nitrogen functional groups attached to an aromatic ring is 1. The Labute approximate surface area is 145 Å². The third kappa shape index (κ3) is 3.12. The van der Waals surface area contributed by atoms with Crippen LogP contribution < -0.4 is 5.73 Å². The number of anilines is 1. The molecule has 0 atom stereocenters. The van der Waals surface area contributed by atoms with Crippen LogP contribution in [0.4, 0.5) is 5.95 Å². The molecule has 4 rings (SSSR count). The highest BCUT2D eigenvalue weighted by Crippen LogP contribution is 2.32. The van der Waals surface area contributed by atoms with Gasteiger partial charge in [-0.15, -0.1) is 0 Å². The molecule has 25 heavy (non-hydrogen) atoms. The monoisotopic (exact) mass is 328 g/mol. The molecule has 1 aromatic carbocycles. The molecule has 5 nitrogen and oxygen atoms in total. The van der Waals surface area contributed by atoms with Crippen LogP contribution in [0.3, 0.4) is 0 Å². The fourth-order valence-electron chi connectivity index (χ4n) is 2.83. The van der Waals surface area contributed by atoms with Crippen molar-refractivity contribution in [1.29, 1.82) is 0 Å². The van der Waals surface area contributed by atoms with Gasteiger partial charge in [-0.05, 0) is 29.8 Å². The molecule has 4 aromatic rings. The van der Waals surface area contributed by atoms with E-state index in [1.54, 1.807) is 18.7 Å². The lowest BCUT2D eigenvalue weighted by atomic mass is 9.97. The minimum atomic E-state index is 0.218. The van der Waals surface area contributed by atoms with E-state index in [1.165, 1.54) is 5.56 Å². The Bertz CT molecular complexity index is 968. The highest BCUT2D eigenvalue weighted by atomic mass is 16.3. The maximum absolute atomic E-state index is 5.99. The summed E-state index contributed by atoms with van der Waals surface area (Å²) in [6, 6.07) is 17.8. The number of aromatic nitrogens is 3. The van der Waals surface area contributed by atoms with E-state index < -0.39 is 0 Å². The van der Waals surface area contributed by atoms with Gasteiger partial charge in [0.15, 0.2) is 5.76 Å². The van der Waals surface area contributed by atoms with Gasteiger partial charge < -0.3 is 10.2 Å². The minimum absolute atomic E-state index is 0.218. The first kappa shape index (κ1) is 15.1. The number of benzene rings is 1. The third-order valence-corrected chi connectivity index (χ3v) is 3.96. The zero-order valence-corrected chi connectivity index (χ0v) is 13.5. The summed E-state index contributed by atoms with van der Waals surface area (Å²) in [7, 11) is 0. The predicted octanol–water partition coefficient (Wildman–Crippen LogP) is 3.97. The quantitative estimate of drug-likeness (QED) is 0.613. The Morgan fingerprint density at radius 2 is 1.60 bits per heavy atom. The van der Waals surface area contributed by atoms with Gasteiger partial charge in [0.25, 0.3) is 0 Å². The molecule has 3 aromatic heterocycles. The fourth-order valence-corrected chi connectivity index (χ4v) is 2.83. The van der Waals surface area contributed by atoms with Crippen LogP contribution in [0.15, 0.2) is 77.7 Å². The second kappa shape index (κ2) is 6.57. The first-order valence-electron chi connectivity index (χ1n) is 7.96. The molecule has 0 unspecified atom stereocenters. The van der Waals surface area contributed by atoms with Crippen LogP contribution in [0, 0.1) is 0 Å². The zero-order chi connectivity index (χ0) is 17.1. The Hall–Kier alpha value is -3.47. The highest BCUT2D eigenvalue weighted by Gasteiger charge is 2.18. The molecule has 0 fully saturated rings. The van der Waals surface area contributed by atoms with E-state index in [0.717, 1.165) is 16.8 Å². The molecule has 0 saturated carbocycles. The molecule has 0 amide bonds. The van der Waals surface area contributed by atoms with Gasteiger partial charge in [0.2, 0.25) is 5.95 Å². The summed E-state index contributed by atoms with van der Waals surface area (Å²) in [6.07, 6.45) is 5.79. The summed E-state index contributed by atoms with van der Waals surface area (Å²) in [5.74, 6) is 0.894. The minimum Gasteiger partial charge on any atom is -0.463 e. The standard InChI is InChI=1S/C20H16N4O/c21-20-23-18(15-8-10-22-11-9-15)16(13-14-5-2-1-3-6-14)19(24-20)17-7-4-12-25-17/h1-12H,13H2,(H2,21,23,24). The lowest BCUT2D eigenvalue weighted by molar-refractivity contribution is 0.579. The molecule has 0 aliphatic heterocycles. The number of furan rings is 1. The summed E-state index contributed by atoms with van der Waals surface area (Å²) < 4.78 is 5.59. The first-order chi connectivity index (χ1) is 12.3. The number of rotatable bonds is 4. The van der Waals surface area contributed by atoms with Crippen molar-refractivity contribution in [3.63, 3.8) is 0 Å². The second-order valence-electron chi connectivity index (χ2n) is 5.63. The van der Waals surface area contributed by atoms with Crippen molar-refractivity contribution in [2.45, 2.75) is 6.42 Å². The number of nitrogens with two attached hydrogens (primary N) is 1. The second-order valence-corrected chi connectivity index (χ2v) is 5.63. The van der Waals surface area contributed by atoms with Gasteiger partial charge in [0.05, 0.1) is 12.0 Å². The Balaban J connectivity index is 1.94. The maximum Gasteiger partial charge on any atom is 0.221 e. The summed E-state index contributed by atoms with van der Waals surface area (Å²) in [6.45, 7) is 0. The molecular formula is C20H16N4O. The van der Waals surface area contributed by atoms with Crippen molar-refractivity contribution in [3.8, 4) is 22.7 Å². The molecular weight excluding hydrogens is 312 g/mol. The average molecular weight is 328 g/mol. The molecule has 3 heterocycles. The van der Waals surface area contributed by atoms with Crippen LogP contribution in [0.5, 0.6) is 0 Å². The normalized spacial score (nSPS) is 10.7. The Kier molecular flexibility index (Phi) is 3.96. The Morgan fingerprint density at radius 1 is 0.840 bits per heavy atom. The molecule has 0 aliphatic rings. The van der Waals surface area contributed by atoms with E-state index in [-0.39, 0.29) is 5.95 Å². The predicted molar refractivity (Wildman–Crippen MR) is 96.6 cm³/mol. The summed E-state index contributed by atoms with van der Waals surface area (Å²) in [5, 5.41) is 0. The number of pyridine rings is 1. The molecule has 2 N–H and O–H groups in total. The molecule has 0 aliphatic carbocycles. The van der Waals surface area contributed by atoms with Gasteiger partial charge in [-0.1, -0.05) is 30.3 Å². The van der Waals surface area contributed by atoms with Gasteiger partial charge in [-0.25, -0.2) is 9.97 Å². The smallest absolute Gasteiger partial charge is 0.221 e.